The van der Waals surface area contributed by atoms with Gasteiger partial charge in [-0.25, -0.2) is 0 Å². The van der Waals surface area contributed by atoms with Gasteiger partial charge < -0.3 is 8.92 Å². The van der Waals surface area contributed by atoms with Crippen LogP contribution in [-0.2, 0) is 10.1 Å². The van der Waals surface area contributed by atoms with Gasteiger partial charge in [-0.3, -0.25) is 0 Å². The normalized spacial score (nSPS) is 11.2. The smallest absolute Gasteiger partial charge is 0.340 e. The molecule has 2 aromatic rings. The topological polar surface area (TPSA) is 52.6 Å². The van der Waals surface area contributed by atoms with Crippen LogP contribution in [0, 0.1) is 6.92 Å². The lowest BCUT2D eigenvalue weighted by Crippen LogP contribution is -2.10. The number of hydrogen-bond acceptors (Lipinski definition) is 4. The molecule has 0 aliphatic carbocycles. The second-order valence-corrected chi connectivity index (χ2v) is 6.30. The van der Waals surface area contributed by atoms with E-state index < -0.39 is 10.1 Å². The Balaban J connectivity index is 2.35. The summed E-state index contributed by atoms with van der Waals surface area (Å²) in [6.45, 7) is 4.17. The van der Waals surface area contributed by atoms with Crippen molar-refractivity contribution in [3.8, 4) is 11.5 Å². The Morgan fingerprint density at radius 2 is 1.76 bits per heavy atom. The zero-order valence-corrected chi connectivity index (χ0v) is 13.2. The molecule has 0 N–H and O–H groups in total. The molecule has 2 rings (SSSR count). The summed E-state index contributed by atoms with van der Waals surface area (Å²) in [4.78, 5) is -0.0638. The van der Waals surface area contributed by atoms with E-state index in [0.29, 0.717) is 12.4 Å². The first-order valence-corrected chi connectivity index (χ1v) is 8.14. The summed E-state index contributed by atoms with van der Waals surface area (Å²) in [5.41, 5.74) is 0.838. The van der Waals surface area contributed by atoms with Crippen LogP contribution < -0.4 is 8.92 Å². The van der Waals surface area contributed by atoms with Crippen molar-refractivity contribution in [2.45, 2.75) is 18.7 Å². The van der Waals surface area contributed by atoms with Crippen molar-refractivity contribution < 1.29 is 17.3 Å². The third-order valence-corrected chi connectivity index (χ3v) is 4.40. The molecule has 112 valence electrons. The summed E-state index contributed by atoms with van der Waals surface area (Å²) in [7, 11) is -3.98. The average Bonchev–Trinajstić information content (AvgIpc) is 2.38. The molecular weight excluding hydrogens is 312 g/mol. The molecule has 6 heteroatoms. The minimum absolute atomic E-state index is 0.0638. The fraction of sp³-hybridized carbons (Fsp3) is 0.200. The van der Waals surface area contributed by atoms with Crippen LogP contribution in [0.25, 0.3) is 0 Å². The fourth-order valence-electron chi connectivity index (χ4n) is 1.83. The summed E-state index contributed by atoms with van der Waals surface area (Å²) in [6, 6.07) is 11.1. The summed E-state index contributed by atoms with van der Waals surface area (Å²) in [5.74, 6) is 0.750. The molecule has 0 radical (unpaired) electrons. The number of hydrogen-bond donors (Lipinski definition) is 0. The van der Waals surface area contributed by atoms with E-state index in [2.05, 4.69) is 0 Å². The van der Waals surface area contributed by atoms with E-state index in [1.165, 1.54) is 18.2 Å². The SMILES string of the molecule is CCOc1cc(C)cc(OS(=O)(=O)c2ccccc2Cl)c1. The molecular formula is C15H15ClO4S. The van der Waals surface area contributed by atoms with E-state index >= 15 is 0 Å². The molecule has 21 heavy (non-hydrogen) atoms. The predicted molar refractivity (Wildman–Crippen MR) is 81.6 cm³/mol. The van der Waals surface area contributed by atoms with Gasteiger partial charge in [0.1, 0.15) is 16.4 Å². The minimum Gasteiger partial charge on any atom is -0.494 e. The molecule has 0 saturated carbocycles. The highest BCUT2D eigenvalue weighted by atomic mass is 35.5. The lowest BCUT2D eigenvalue weighted by Gasteiger charge is -2.11. The maximum Gasteiger partial charge on any atom is 0.340 e. The molecule has 0 saturated heterocycles. The van der Waals surface area contributed by atoms with E-state index in [9.17, 15) is 8.42 Å². The number of benzene rings is 2. The predicted octanol–water partition coefficient (Wildman–Crippen LogP) is 3.81. The number of aryl methyl sites for hydroxylation is 1. The standard InChI is InChI=1S/C15H15ClO4S/c1-3-19-12-8-11(2)9-13(10-12)20-21(17,18)15-7-5-4-6-14(15)16/h4-10H,3H2,1-2H3. The molecule has 0 unspecified atom stereocenters. The lowest BCUT2D eigenvalue weighted by atomic mass is 10.2. The fourth-order valence-corrected chi connectivity index (χ4v) is 3.24. The van der Waals surface area contributed by atoms with Gasteiger partial charge in [-0.1, -0.05) is 23.7 Å². The summed E-state index contributed by atoms with van der Waals surface area (Å²) in [6.07, 6.45) is 0. The molecule has 0 aliphatic rings. The maximum absolute atomic E-state index is 12.3. The zero-order chi connectivity index (χ0) is 15.5. The van der Waals surface area contributed by atoms with E-state index in [4.69, 9.17) is 20.5 Å². The first-order chi connectivity index (χ1) is 9.92. The Morgan fingerprint density at radius 1 is 1.10 bits per heavy atom. The highest BCUT2D eigenvalue weighted by Crippen LogP contribution is 2.28. The Kier molecular flexibility index (Phi) is 4.75. The Bertz CT molecular complexity index is 741. The van der Waals surface area contributed by atoms with Crippen LogP contribution in [0.4, 0.5) is 0 Å². The van der Waals surface area contributed by atoms with Gasteiger partial charge >= 0.3 is 10.1 Å². The molecule has 0 fully saturated rings. The second-order valence-electron chi connectivity index (χ2n) is 4.38. The monoisotopic (exact) mass is 326 g/mol. The third kappa shape index (κ3) is 3.89. The van der Waals surface area contributed by atoms with Gasteiger partial charge in [-0.05, 0) is 43.7 Å². The van der Waals surface area contributed by atoms with Crippen LogP contribution in [0.15, 0.2) is 47.4 Å². The van der Waals surface area contributed by atoms with E-state index in [-0.39, 0.29) is 15.7 Å². The molecule has 0 aliphatic heterocycles. The van der Waals surface area contributed by atoms with Gasteiger partial charge in [0.2, 0.25) is 0 Å². The Labute approximate surface area is 129 Å². The Hall–Kier alpha value is -1.72. The van der Waals surface area contributed by atoms with Gasteiger partial charge in [0.25, 0.3) is 0 Å². The number of ether oxygens (including phenoxy) is 1. The van der Waals surface area contributed by atoms with Crippen molar-refractivity contribution in [1.29, 1.82) is 0 Å². The number of rotatable bonds is 5. The largest absolute Gasteiger partial charge is 0.494 e. The lowest BCUT2D eigenvalue weighted by molar-refractivity contribution is 0.338. The highest BCUT2D eigenvalue weighted by Gasteiger charge is 2.20. The molecule has 0 bridgehead atoms. The summed E-state index contributed by atoms with van der Waals surface area (Å²) >= 11 is 5.90. The van der Waals surface area contributed by atoms with Crippen molar-refractivity contribution in [1.82, 2.24) is 0 Å². The van der Waals surface area contributed by atoms with Crippen molar-refractivity contribution in [3.05, 3.63) is 53.1 Å². The van der Waals surface area contributed by atoms with Gasteiger partial charge in [-0.15, -0.1) is 0 Å². The van der Waals surface area contributed by atoms with Gasteiger partial charge in [0, 0.05) is 6.07 Å². The zero-order valence-electron chi connectivity index (χ0n) is 11.7. The van der Waals surface area contributed by atoms with Crippen LogP contribution in [0.5, 0.6) is 11.5 Å². The van der Waals surface area contributed by atoms with E-state index in [1.807, 2.05) is 13.8 Å². The molecule has 4 nitrogen and oxygen atoms in total. The maximum atomic E-state index is 12.3. The summed E-state index contributed by atoms with van der Waals surface area (Å²) < 4.78 is 35.0. The Morgan fingerprint density at radius 3 is 2.43 bits per heavy atom. The van der Waals surface area contributed by atoms with Crippen molar-refractivity contribution in [3.63, 3.8) is 0 Å². The van der Waals surface area contributed by atoms with Crippen LogP contribution >= 0.6 is 11.6 Å². The second kappa shape index (κ2) is 6.37. The molecule has 0 spiro atoms. The molecule has 0 aromatic heterocycles. The average molecular weight is 327 g/mol. The van der Waals surface area contributed by atoms with E-state index in [1.54, 1.807) is 24.3 Å². The summed E-state index contributed by atoms with van der Waals surface area (Å²) in [5, 5.41) is 0.121. The first-order valence-electron chi connectivity index (χ1n) is 6.36. The molecule has 2 aromatic carbocycles. The first kappa shape index (κ1) is 15.7. The minimum atomic E-state index is -3.98. The quantitative estimate of drug-likeness (QED) is 0.784. The van der Waals surface area contributed by atoms with Crippen LogP contribution in [0.1, 0.15) is 12.5 Å². The van der Waals surface area contributed by atoms with Gasteiger partial charge in [0.05, 0.1) is 11.6 Å². The van der Waals surface area contributed by atoms with Crippen molar-refractivity contribution in [2.24, 2.45) is 0 Å². The van der Waals surface area contributed by atoms with E-state index in [0.717, 1.165) is 5.56 Å². The van der Waals surface area contributed by atoms with Crippen LogP contribution in [0.2, 0.25) is 5.02 Å². The van der Waals surface area contributed by atoms with Gasteiger partial charge in [-0.2, -0.15) is 8.42 Å². The van der Waals surface area contributed by atoms with Crippen molar-refractivity contribution in [2.75, 3.05) is 6.61 Å². The van der Waals surface area contributed by atoms with Gasteiger partial charge in [0.15, 0.2) is 0 Å². The molecule has 0 heterocycles. The highest BCUT2D eigenvalue weighted by molar-refractivity contribution is 7.87. The molecule has 0 atom stereocenters. The van der Waals surface area contributed by atoms with Crippen molar-refractivity contribution >= 4 is 21.7 Å². The number of halogens is 1. The molecule has 0 amide bonds. The van der Waals surface area contributed by atoms with Crippen LogP contribution in [0.3, 0.4) is 0 Å². The van der Waals surface area contributed by atoms with Crippen LogP contribution in [-0.4, -0.2) is 15.0 Å². The third-order valence-electron chi connectivity index (χ3n) is 2.65.